The van der Waals surface area contributed by atoms with E-state index in [2.05, 4.69) is 17.3 Å². The molecule has 1 aliphatic rings. The van der Waals surface area contributed by atoms with Crippen molar-refractivity contribution in [1.82, 2.24) is 10.2 Å². The number of piperidine rings is 1. The summed E-state index contributed by atoms with van der Waals surface area (Å²) in [5, 5.41) is 3.70. The fourth-order valence-corrected chi connectivity index (χ4v) is 3.06. The second-order valence-corrected chi connectivity index (χ2v) is 6.92. The van der Waals surface area contributed by atoms with Gasteiger partial charge in [0.15, 0.2) is 6.61 Å². The van der Waals surface area contributed by atoms with Gasteiger partial charge in [0.25, 0.3) is 5.91 Å². The van der Waals surface area contributed by atoms with Gasteiger partial charge in [-0.25, -0.2) is 0 Å². The Hall–Kier alpha value is -1.26. The molecule has 1 aromatic rings. The second-order valence-electron chi connectivity index (χ2n) is 6.55. The third kappa shape index (κ3) is 5.70. The van der Waals surface area contributed by atoms with Crippen LogP contribution in [0.15, 0.2) is 12.1 Å². The predicted octanol–water partition coefficient (Wildman–Crippen LogP) is 3.18. The van der Waals surface area contributed by atoms with Crippen LogP contribution in [0.25, 0.3) is 0 Å². The highest BCUT2D eigenvalue weighted by Crippen LogP contribution is 2.25. The molecule has 1 amide bonds. The highest BCUT2D eigenvalue weighted by atomic mass is 35.5. The van der Waals surface area contributed by atoms with Crippen LogP contribution in [0.4, 0.5) is 0 Å². The lowest BCUT2D eigenvalue weighted by molar-refractivity contribution is -0.123. The van der Waals surface area contributed by atoms with Crippen molar-refractivity contribution in [3.63, 3.8) is 0 Å². The molecule has 1 heterocycles. The molecule has 5 heteroatoms. The number of carbonyl (C=O) groups excluding carboxylic acids is 1. The molecular formula is C18H27ClN2O2. The minimum Gasteiger partial charge on any atom is -0.484 e. The highest BCUT2D eigenvalue weighted by Gasteiger charge is 2.16. The number of benzene rings is 1. The molecule has 0 radical (unpaired) electrons. The number of halogens is 1. The monoisotopic (exact) mass is 338 g/mol. The minimum absolute atomic E-state index is 0.0495. The van der Waals surface area contributed by atoms with E-state index in [1.165, 1.54) is 12.8 Å². The molecule has 1 saturated heterocycles. The van der Waals surface area contributed by atoms with Crippen molar-refractivity contribution in [3.8, 4) is 5.75 Å². The van der Waals surface area contributed by atoms with Crippen molar-refractivity contribution < 1.29 is 9.53 Å². The van der Waals surface area contributed by atoms with E-state index in [4.69, 9.17) is 16.3 Å². The third-order valence-corrected chi connectivity index (χ3v) is 5.09. The lowest BCUT2D eigenvalue weighted by atomic mass is 9.94. The molecule has 23 heavy (non-hydrogen) atoms. The first kappa shape index (κ1) is 18.1. The Morgan fingerprint density at radius 3 is 2.52 bits per heavy atom. The Bertz CT molecular complexity index is 517. The molecule has 4 nitrogen and oxygen atoms in total. The van der Waals surface area contributed by atoms with Gasteiger partial charge in [-0.05, 0) is 82.4 Å². The van der Waals surface area contributed by atoms with Crippen molar-refractivity contribution in [2.75, 3.05) is 33.3 Å². The second kappa shape index (κ2) is 8.55. The number of hydrogen-bond donors (Lipinski definition) is 1. The maximum absolute atomic E-state index is 11.9. The first-order chi connectivity index (χ1) is 11.0. The van der Waals surface area contributed by atoms with Gasteiger partial charge < -0.3 is 15.0 Å². The molecule has 1 fully saturated rings. The molecule has 0 aliphatic carbocycles. The normalized spacial score (nSPS) is 16.3. The first-order valence-electron chi connectivity index (χ1n) is 8.30. The van der Waals surface area contributed by atoms with Gasteiger partial charge in [-0.3, -0.25) is 4.79 Å². The molecule has 1 aliphatic heterocycles. The molecule has 1 N–H and O–H groups in total. The van der Waals surface area contributed by atoms with Crippen molar-refractivity contribution in [3.05, 3.63) is 28.3 Å². The summed E-state index contributed by atoms with van der Waals surface area (Å²) >= 11 is 6.13. The molecule has 0 atom stereocenters. The standard InChI is InChI=1S/C18H27ClN2O2/c1-13-10-16(11-14(2)18(13)19)23-12-17(22)20-7-4-15-5-8-21(3)9-6-15/h10-11,15H,4-9,12H2,1-3H3,(H,20,22). The Labute approximate surface area is 144 Å². The van der Waals surface area contributed by atoms with E-state index in [9.17, 15) is 4.79 Å². The van der Waals surface area contributed by atoms with Crippen LogP contribution in [0.2, 0.25) is 5.02 Å². The zero-order valence-corrected chi connectivity index (χ0v) is 15.1. The van der Waals surface area contributed by atoms with E-state index in [-0.39, 0.29) is 12.5 Å². The van der Waals surface area contributed by atoms with Gasteiger partial charge in [0.2, 0.25) is 0 Å². The van der Waals surface area contributed by atoms with Gasteiger partial charge in [-0.2, -0.15) is 0 Å². The van der Waals surface area contributed by atoms with Crippen molar-refractivity contribution in [2.45, 2.75) is 33.1 Å². The van der Waals surface area contributed by atoms with E-state index in [1.54, 1.807) is 0 Å². The molecule has 0 unspecified atom stereocenters. The summed E-state index contributed by atoms with van der Waals surface area (Å²) in [6, 6.07) is 3.72. The largest absolute Gasteiger partial charge is 0.484 e. The Kier molecular flexibility index (Phi) is 6.72. The number of amides is 1. The van der Waals surface area contributed by atoms with Crippen LogP contribution in [0, 0.1) is 19.8 Å². The number of carbonyl (C=O) groups is 1. The highest BCUT2D eigenvalue weighted by molar-refractivity contribution is 6.32. The van der Waals surface area contributed by atoms with Crippen LogP contribution in [-0.4, -0.2) is 44.1 Å². The molecule has 0 aromatic heterocycles. The zero-order valence-electron chi connectivity index (χ0n) is 14.3. The van der Waals surface area contributed by atoms with Gasteiger partial charge in [0, 0.05) is 11.6 Å². The maximum Gasteiger partial charge on any atom is 0.257 e. The number of nitrogens with one attached hydrogen (secondary N) is 1. The number of likely N-dealkylation sites (tertiary alicyclic amines) is 1. The average molecular weight is 339 g/mol. The van der Waals surface area contributed by atoms with Crippen LogP contribution in [0.1, 0.15) is 30.4 Å². The van der Waals surface area contributed by atoms with Crippen molar-refractivity contribution in [2.24, 2.45) is 5.92 Å². The molecular weight excluding hydrogens is 312 g/mol. The summed E-state index contributed by atoms with van der Waals surface area (Å²) in [6.07, 6.45) is 3.51. The van der Waals surface area contributed by atoms with Crippen LogP contribution in [-0.2, 0) is 4.79 Å². The number of aryl methyl sites for hydroxylation is 2. The van der Waals surface area contributed by atoms with Crippen LogP contribution >= 0.6 is 11.6 Å². The predicted molar refractivity (Wildman–Crippen MR) is 94.3 cm³/mol. The van der Waals surface area contributed by atoms with Gasteiger partial charge >= 0.3 is 0 Å². The fourth-order valence-electron chi connectivity index (χ4n) is 2.96. The zero-order chi connectivity index (χ0) is 16.8. The van der Waals surface area contributed by atoms with Crippen molar-refractivity contribution >= 4 is 17.5 Å². The van der Waals surface area contributed by atoms with Gasteiger partial charge in [0.05, 0.1) is 0 Å². The topological polar surface area (TPSA) is 41.6 Å². The molecule has 1 aromatic carbocycles. The fraction of sp³-hybridized carbons (Fsp3) is 0.611. The van der Waals surface area contributed by atoms with E-state index in [0.717, 1.165) is 48.1 Å². The number of ether oxygens (including phenoxy) is 1. The summed E-state index contributed by atoms with van der Waals surface area (Å²) in [5.74, 6) is 1.35. The van der Waals surface area contributed by atoms with Crippen molar-refractivity contribution in [1.29, 1.82) is 0 Å². The van der Waals surface area contributed by atoms with Crippen LogP contribution < -0.4 is 10.1 Å². The van der Waals surface area contributed by atoms with Crippen LogP contribution in [0.5, 0.6) is 5.75 Å². The maximum atomic E-state index is 11.9. The Morgan fingerprint density at radius 1 is 1.30 bits per heavy atom. The van der Waals surface area contributed by atoms with Gasteiger partial charge in [0.1, 0.15) is 5.75 Å². The SMILES string of the molecule is Cc1cc(OCC(=O)NCCC2CCN(C)CC2)cc(C)c1Cl. The Balaban J connectivity index is 1.67. The first-order valence-corrected chi connectivity index (χ1v) is 8.68. The molecule has 0 bridgehead atoms. The molecule has 0 saturated carbocycles. The lowest BCUT2D eigenvalue weighted by Crippen LogP contribution is -2.34. The van der Waals surface area contributed by atoms with Crippen LogP contribution in [0.3, 0.4) is 0 Å². The summed E-state index contributed by atoms with van der Waals surface area (Å²) in [5.41, 5.74) is 1.92. The average Bonchev–Trinajstić information content (AvgIpc) is 2.52. The summed E-state index contributed by atoms with van der Waals surface area (Å²) in [4.78, 5) is 14.2. The van der Waals surface area contributed by atoms with Gasteiger partial charge in [-0.1, -0.05) is 11.6 Å². The van der Waals surface area contributed by atoms with E-state index >= 15 is 0 Å². The van der Waals surface area contributed by atoms with E-state index in [1.807, 2.05) is 26.0 Å². The molecule has 128 valence electrons. The smallest absolute Gasteiger partial charge is 0.257 e. The van der Waals surface area contributed by atoms with E-state index in [0.29, 0.717) is 5.75 Å². The molecule has 0 spiro atoms. The van der Waals surface area contributed by atoms with Gasteiger partial charge in [-0.15, -0.1) is 0 Å². The minimum atomic E-state index is -0.0665. The number of hydrogen-bond acceptors (Lipinski definition) is 3. The molecule has 2 rings (SSSR count). The summed E-state index contributed by atoms with van der Waals surface area (Å²) < 4.78 is 5.56. The lowest BCUT2D eigenvalue weighted by Gasteiger charge is -2.28. The summed E-state index contributed by atoms with van der Waals surface area (Å²) in [7, 11) is 2.16. The van der Waals surface area contributed by atoms with E-state index < -0.39 is 0 Å². The quantitative estimate of drug-likeness (QED) is 0.866. The number of rotatable bonds is 6. The summed E-state index contributed by atoms with van der Waals surface area (Å²) in [6.45, 7) is 6.98. The number of nitrogens with zero attached hydrogens (tertiary/aromatic N) is 1. The Morgan fingerprint density at radius 2 is 1.91 bits per heavy atom. The third-order valence-electron chi connectivity index (χ3n) is 4.49.